The van der Waals surface area contributed by atoms with Gasteiger partial charge in [0.2, 0.25) is 0 Å². The number of nitrogens with zero attached hydrogens (tertiary/aromatic N) is 4. The normalized spacial score (nSPS) is 10.5. The molecule has 2 aromatic heterocycles. The molecule has 4 aromatic rings. The van der Waals surface area contributed by atoms with Gasteiger partial charge in [0.05, 0.1) is 11.4 Å². The summed E-state index contributed by atoms with van der Waals surface area (Å²) in [4.78, 5) is 4.13. The van der Waals surface area contributed by atoms with Crippen molar-refractivity contribution >= 4 is 5.69 Å². The number of aromatic nitrogens is 3. The lowest BCUT2D eigenvalue weighted by molar-refractivity contribution is 0.869. The van der Waals surface area contributed by atoms with Crippen LogP contribution in [-0.2, 0) is 6.54 Å². The van der Waals surface area contributed by atoms with Crippen LogP contribution in [0.15, 0.2) is 73.1 Å². The van der Waals surface area contributed by atoms with Crippen molar-refractivity contribution in [3.05, 3.63) is 95.4 Å². The van der Waals surface area contributed by atoms with Crippen molar-refractivity contribution in [3.8, 4) is 23.0 Å². The molecule has 2 aromatic carbocycles. The third kappa shape index (κ3) is 4.02. The standard InChI is InChI=1S/C24H21N5/c1-17-5-6-19(18(2)12-17)16-27-21-7-9-22(10-8-21)29-23(14-25)13-24(28-29)20-4-3-11-26-15-20/h3-13,15,27H,16H2,1-2H3. The first-order valence-corrected chi connectivity index (χ1v) is 9.45. The van der Waals surface area contributed by atoms with Gasteiger partial charge in [-0.2, -0.15) is 10.4 Å². The predicted octanol–water partition coefficient (Wildman–Crippen LogP) is 5.03. The first kappa shape index (κ1) is 18.5. The molecule has 0 bridgehead atoms. The van der Waals surface area contributed by atoms with Crippen molar-refractivity contribution in [3.63, 3.8) is 0 Å². The lowest BCUT2D eigenvalue weighted by Crippen LogP contribution is -2.03. The molecule has 0 aliphatic heterocycles. The zero-order valence-electron chi connectivity index (χ0n) is 16.4. The van der Waals surface area contributed by atoms with Crippen molar-refractivity contribution in [1.82, 2.24) is 14.8 Å². The zero-order chi connectivity index (χ0) is 20.2. The van der Waals surface area contributed by atoms with Crippen molar-refractivity contribution in [2.75, 3.05) is 5.32 Å². The minimum absolute atomic E-state index is 0.486. The van der Waals surface area contributed by atoms with Crippen molar-refractivity contribution in [2.45, 2.75) is 20.4 Å². The van der Waals surface area contributed by atoms with E-state index in [9.17, 15) is 5.26 Å². The number of anilines is 1. The molecule has 0 unspecified atom stereocenters. The molecule has 0 radical (unpaired) electrons. The molecule has 0 fully saturated rings. The summed E-state index contributed by atoms with van der Waals surface area (Å²) in [6, 6.07) is 22.2. The van der Waals surface area contributed by atoms with Gasteiger partial charge in [0.1, 0.15) is 11.8 Å². The lowest BCUT2D eigenvalue weighted by Gasteiger charge is -2.11. The molecule has 0 aliphatic carbocycles. The van der Waals surface area contributed by atoms with E-state index >= 15 is 0 Å². The zero-order valence-corrected chi connectivity index (χ0v) is 16.4. The SMILES string of the molecule is Cc1ccc(CNc2ccc(-n3nc(-c4cccnc4)cc3C#N)cc2)c(C)c1. The molecule has 4 rings (SSSR count). The highest BCUT2D eigenvalue weighted by molar-refractivity contribution is 5.60. The quantitative estimate of drug-likeness (QED) is 0.528. The summed E-state index contributed by atoms with van der Waals surface area (Å²) in [5, 5.41) is 17.6. The highest BCUT2D eigenvalue weighted by Gasteiger charge is 2.11. The van der Waals surface area contributed by atoms with Crippen LogP contribution < -0.4 is 5.32 Å². The second-order valence-corrected chi connectivity index (χ2v) is 7.01. The molecule has 0 saturated carbocycles. The lowest BCUT2D eigenvalue weighted by atomic mass is 10.1. The van der Waals surface area contributed by atoms with Gasteiger partial charge < -0.3 is 5.32 Å². The number of hydrogen-bond donors (Lipinski definition) is 1. The summed E-state index contributed by atoms with van der Waals surface area (Å²) in [7, 11) is 0. The van der Waals surface area contributed by atoms with Gasteiger partial charge in [-0.1, -0.05) is 23.8 Å². The Kier molecular flexibility index (Phi) is 5.08. The number of benzene rings is 2. The van der Waals surface area contributed by atoms with Crippen LogP contribution in [0.2, 0.25) is 0 Å². The molecule has 1 N–H and O–H groups in total. The smallest absolute Gasteiger partial charge is 0.144 e. The van der Waals surface area contributed by atoms with E-state index in [2.05, 4.69) is 53.5 Å². The number of hydrogen-bond acceptors (Lipinski definition) is 4. The third-order valence-electron chi connectivity index (χ3n) is 4.87. The fourth-order valence-corrected chi connectivity index (χ4v) is 3.27. The summed E-state index contributed by atoms with van der Waals surface area (Å²) in [5.74, 6) is 0. The Morgan fingerprint density at radius 3 is 2.55 bits per heavy atom. The molecule has 29 heavy (non-hydrogen) atoms. The van der Waals surface area contributed by atoms with Crippen LogP contribution in [0.25, 0.3) is 16.9 Å². The molecule has 0 atom stereocenters. The van der Waals surface area contributed by atoms with E-state index in [1.54, 1.807) is 23.1 Å². The highest BCUT2D eigenvalue weighted by Crippen LogP contribution is 2.22. The summed E-state index contributed by atoms with van der Waals surface area (Å²) in [6.07, 6.45) is 3.46. The van der Waals surface area contributed by atoms with E-state index in [0.29, 0.717) is 5.69 Å². The fourth-order valence-electron chi connectivity index (χ4n) is 3.27. The number of rotatable bonds is 5. The van der Waals surface area contributed by atoms with E-state index in [1.165, 1.54) is 16.7 Å². The maximum absolute atomic E-state index is 9.51. The topological polar surface area (TPSA) is 66.5 Å². The average Bonchev–Trinajstić information content (AvgIpc) is 3.19. The average molecular weight is 379 g/mol. The van der Waals surface area contributed by atoms with E-state index in [1.807, 2.05) is 36.4 Å². The number of aryl methyl sites for hydroxylation is 2. The molecular weight excluding hydrogens is 358 g/mol. The molecule has 5 heteroatoms. The van der Waals surface area contributed by atoms with Gasteiger partial charge in [0, 0.05) is 36.3 Å². The molecule has 2 heterocycles. The third-order valence-corrected chi connectivity index (χ3v) is 4.87. The summed E-state index contributed by atoms with van der Waals surface area (Å²) in [6.45, 7) is 5.00. The summed E-state index contributed by atoms with van der Waals surface area (Å²) in [5.41, 5.74) is 7.79. The van der Waals surface area contributed by atoms with Gasteiger partial charge in [-0.15, -0.1) is 0 Å². The van der Waals surface area contributed by atoms with Gasteiger partial charge in [-0.3, -0.25) is 4.98 Å². The molecule has 0 spiro atoms. The monoisotopic (exact) mass is 379 g/mol. The van der Waals surface area contributed by atoms with Crippen LogP contribution >= 0.6 is 0 Å². The fraction of sp³-hybridized carbons (Fsp3) is 0.125. The second kappa shape index (κ2) is 7.99. The molecule has 5 nitrogen and oxygen atoms in total. The van der Waals surface area contributed by atoms with Gasteiger partial charge in [0.25, 0.3) is 0 Å². The molecule has 0 aliphatic rings. The highest BCUT2D eigenvalue weighted by atomic mass is 15.3. The first-order valence-electron chi connectivity index (χ1n) is 9.45. The van der Waals surface area contributed by atoms with E-state index in [-0.39, 0.29) is 0 Å². The van der Waals surface area contributed by atoms with Gasteiger partial charge in [0.15, 0.2) is 0 Å². The van der Waals surface area contributed by atoms with E-state index < -0.39 is 0 Å². The first-order chi connectivity index (χ1) is 14.1. The van der Waals surface area contributed by atoms with E-state index in [0.717, 1.165) is 29.2 Å². The summed E-state index contributed by atoms with van der Waals surface area (Å²) >= 11 is 0. The maximum atomic E-state index is 9.51. The van der Waals surface area contributed by atoms with Gasteiger partial charge in [-0.25, -0.2) is 4.68 Å². The van der Waals surface area contributed by atoms with Crippen molar-refractivity contribution in [2.24, 2.45) is 0 Å². The Bertz CT molecular complexity index is 1170. The van der Waals surface area contributed by atoms with Crippen LogP contribution in [0.4, 0.5) is 5.69 Å². The van der Waals surface area contributed by atoms with Gasteiger partial charge >= 0.3 is 0 Å². The van der Waals surface area contributed by atoms with Gasteiger partial charge in [-0.05, 0) is 61.4 Å². The Morgan fingerprint density at radius 2 is 1.86 bits per heavy atom. The van der Waals surface area contributed by atoms with Crippen LogP contribution in [0, 0.1) is 25.2 Å². The molecule has 142 valence electrons. The Hall–Kier alpha value is -3.91. The Morgan fingerprint density at radius 1 is 1.03 bits per heavy atom. The predicted molar refractivity (Wildman–Crippen MR) is 115 cm³/mol. The largest absolute Gasteiger partial charge is 0.381 e. The second-order valence-electron chi connectivity index (χ2n) is 7.01. The summed E-state index contributed by atoms with van der Waals surface area (Å²) < 4.78 is 1.66. The Balaban J connectivity index is 1.53. The maximum Gasteiger partial charge on any atom is 0.144 e. The number of pyridine rings is 1. The van der Waals surface area contributed by atoms with Crippen LogP contribution in [0.3, 0.4) is 0 Å². The minimum Gasteiger partial charge on any atom is -0.381 e. The molecular formula is C24H21N5. The van der Waals surface area contributed by atoms with E-state index in [4.69, 9.17) is 0 Å². The molecule has 0 saturated heterocycles. The van der Waals surface area contributed by atoms with Crippen LogP contribution in [0.1, 0.15) is 22.4 Å². The Labute approximate surface area is 170 Å². The van der Waals surface area contributed by atoms with Crippen molar-refractivity contribution < 1.29 is 0 Å². The van der Waals surface area contributed by atoms with Crippen molar-refractivity contribution in [1.29, 1.82) is 5.26 Å². The number of nitriles is 1. The molecule has 0 amide bonds. The number of nitrogens with one attached hydrogen (secondary N) is 1. The van der Waals surface area contributed by atoms with Crippen LogP contribution in [-0.4, -0.2) is 14.8 Å². The van der Waals surface area contributed by atoms with Crippen LogP contribution in [0.5, 0.6) is 0 Å². The minimum atomic E-state index is 0.486.